The zero-order chi connectivity index (χ0) is 20.1. The highest BCUT2D eigenvalue weighted by molar-refractivity contribution is 5.87. The summed E-state index contributed by atoms with van der Waals surface area (Å²) in [6.45, 7) is 3.43. The van der Waals surface area contributed by atoms with Gasteiger partial charge in [0, 0.05) is 25.1 Å². The van der Waals surface area contributed by atoms with Gasteiger partial charge in [-0.15, -0.1) is 0 Å². The molecule has 1 aliphatic rings. The predicted molar refractivity (Wildman–Crippen MR) is 108 cm³/mol. The van der Waals surface area contributed by atoms with Crippen molar-refractivity contribution in [3.05, 3.63) is 70.3 Å². The number of aryl methyl sites for hydroxylation is 1. The van der Waals surface area contributed by atoms with Crippen LogP contribution in [0.2, 0.25) is 0 Å². The molecule has 0 saturated carbocycles. The molecule has 1 saturated heterocycles. The summed E-state index contributed by atoms with van der Waals surface area (Å²) in [6.07, 6.45) is 6.24. The van der Waals surface area contributed by atoms with Crippen LogP contribution in [0.4, 0.5) is 4.39 Å². The second-order valence-electron chi connectivity index (χ2n) is 7.46. The molecule has 6 nitrogen and oxygen atoms in total. The van der Waals surface area contributed by atoms with Crippen LogP contribution in [0.3, 0.4) is 0 Å². The molecule has 4 heterocycles. The lowest BCUT2D eigenvalue weighted by atomic mass is 10.0. The van der Waals surface area contributed by atoms with Crippen molar-refractivity contribution in [3.8, 4) is 17.2 Å². The first kappa shape index (κ1) is 17.6. The van der Waals surface area contributed by atoms with Crippen LogP contribution in [0.25, 0.3) is 27.5 Å². The van der Waals surface area contributed by atoms with Gasteiger partial charge in [0.05, 0.1) is 22.7 Å². The molecule has 7 heteroatoms. The third-order valence-corrected chi connectivity index (χ3v) is 5.54. The van der Waals surface area contributed by atoms with E-state index in [4.69, 9.17) is 0 Å². The summed E-state index contributed by atoms with van der Waals surface area (Å²) in [7, 11) is 0. The van der Waals surface area contributed by atoms with E-state index in [0.29, 0.717) is 34.3 Å². The van der Waals surface area contributed by atoms with Crippen molar-refractivity contribution >= 4 is 16.4 Å². The molecule has 1 aromatic carbocycles. The number of pyridine rings is 2. The van der Waals surface area contributed by atoms with Crippen LogP contribution in [0.15, 0.2) is 47.7 Å². The van der Waals surface area contributed by atoms with Gasteiger partial charge in [0.25, 0.3) is 5.56 Å². The van der Waals surface area contributed by atoms with Gasteiger partial charge in [-0.25, -0.2) is 9.37 Å². The largest absolute Gasteiger partial charge is 0.315 e. The number of fused-ring (bicyclic) bond motifs is 2. The number of nitrogens with zero attached hydrogens (tertiary/aromatic N) is 4. The van der Waals surface area contributed by atoms with Gasteiger partial charge in [0.1, 0.15) is 11.9 Å². The van der Waals surface area contributed by atoms with Gasteiger partial charge in [0.15, 0.2) is 5.65 Å². The second kappa shape index (κ2) is 6.54. The van der Waals surface area contributed by atoms with Crippen molar-refractivity contribution in [2.45, 2.75) is 19.4 Å². The van der Waals surface area contributed by atoms with Gasteiger partial charge < -0.3 is 14.3 Å². The lowest BCUT2D eigenvalue weighted by Crippen LogP contribution is -2.26. The van der Waals surface area contributed by atoms with Gasteiger partial charge in [-0.05, 0) is 60.7 Å². The smallest absolute Gasteiger partial charge is 0.261 e. The standard InChI is InChI=1S/C22H18FN5O/c1-13-11-27-12-17(7-16(9-24)21(27)26-13)15-6-14-3-5-28(18-2-4-25-10-18)22(29)20(14)19(23)8-15/h3,5-8,11-12,18,25H,2,4,10H2,1H3. The van der Waals surface area contributed by atoms with E-state index in [0.717, 1.165) is 18.7 Å². The third kappa shape index (κ3) is 2.80. The fraction of sp³-hybridized carbons (Fsp3) is 0.227. The van der Waals surface area contributed by atoms with Crippen LogP contribution >= 0.6 is 0 Å². The molecule has 5 rings (SSSR count). The van der Waals surface area contributed by atoms with E-state index in [1.165, 1.54) is 6.07 Å². The number of hydrogen-bond donors (Lipinski definition) is 1. The molecule has 1 atom stereocenters. The Kier molecular flexibility index (Phi) is 3.96. The summed E-state index contributed by atoms with van der Waals surface area (Å²) in [4.78, 5) is 17.3. The first-order chi connectivity index (χ1) is 14.0. The van der Waals surface area contributed by atoms with Crippen molar-refractivity contribution < 1.29 is 4.39 Å². The molecule has 4 aromatic rings. The predicted octanol–water partition coefficient (Wildman–Crippen LogP) is 3.17. The normalized spacial score (nSPS) is 16.5. The highest BCUT2D eigenvalue weighted by atomic mass is 19.1. The molecule has 0 spiro atoms. The quantitative estimate of drug-likeness (QED) is 0.573. The minimum Gasteiger partial charge on any atom is -0.315 e. The molecule has 0 aliphatic carbocycles. The maximum absolute atomic E-state index is 15.0. The molecular weight excluding hydrogens is 369 g/mol. The van der Waals surface area contributed by atoms with Gasteiger partial charge in [0.2, 0.25) is 0 Å². The molecule has 1 unspecified atom stereocenters. The van der Waals surface area contributed by atoms with Crippen LogP contribution in [-0.4, -0.2) is 27.0 Å². The fourth-order valence-electron chi connectivity index (χ4n) is 4.13. The minimum absolute atomic E-state index is 0.0519. The maximum Gasteiger partial charge on any atom is 0.261 e. The molecule has 0 amide bonds. The molecule has 1 N–H and O–H groups in total. The summed E-state index contributed by atoms with van der Waals surface area (Å²) >= 11 is 0. The number of halogens is 1. The Morgan fingerprint density at radius 3 is 2.90 bits per heavy atom. The number of imidazole rings is 1. The SMILES string of the molecule is Cc1cn2cc(-c3cc(F)c4c(=O)n(C5CCNC5)ccc4c3)cc(C#N)c2n1. The highest BCUT2D eigenvalue weighted by Gasteiger charge is 2.20. The molecule has 3 aromatic heterocycles. The number of benzene rings is 1. The lowest BCUT2D eigenvalue weighted by Gasteiger charge is -2.14. The minimum atomic E-state index is -0.553. The van der Waals surface area contributed by atoms with E-state index in [2.05, 4.69) is 16.4 Å². The third-order valence-electron chi connectivity index (χ3n) is 5.54. The van der Waals surface area contributed by atoms with E-state index in [-0.39, 0.29) is 17.0 Å². The average molecular weight is 387 g/mol. The molecule has 29 heavy (non-hydrogen) atoms. The molecule has 0 bridgehead atoms. The lowest BCUT2D eigenvalue weighted by molar-refractivity contribution is 0.530. The molecule has 1 fully saturated rings. The number of nitrogens with one attached hydrogen (secondary N) is 1. The van der Waals surface area contributed by atoms with Crippen molar-refractivity contribution in [2.75, 3.05) is 13.1 Å². The summed E-state index contributed by atoms with van der Waals surface area (Å²) in [6, 6.07) is 8.86. The Hall–Kier alpha value is -3.50. The van der Waals surface area contributed by atoms with Gasteiger partial charge in [-0.1, -0.05) is 0 Å². The topological polar surface area (TPSA) is 75.1 Å². The van der Waals surface area contributed by atoms with Gasteiger partial charge in [-0.2, -0.15) is 5.26 Å². The van der Waals surface area contributed by atoms with Crippen LogP contribution in [0.1, 0.15) is 23.7 Å². The van der Waals surface area contributed by atoms with E-state index in [9.17, 15) is 10.1 Å². The second-order valence-corrected chi connectivity index (χ2v) is 7.46. The van der Waals surface area contributed by atoms with Crippen molar-refractivity contribution in [3.63, 3.8) is 0 Å². The highest BCUT2D eigenvalue weighted by Crippen LogP contribution is 2.28. The fourth-order valence-corrected chi connectivity index (χ4v) is 4.13. The first-order valence-corrected chi connectivity index (χ1v) is 9.50. The monoisotopic (exact) mass is 387 g/mol. The Bertz CT molecular complexity index is 1370. The summed E-state index contributed by atoms with van der Waals surface area (Å²) in [5, 5.41) is 13.4. The molecule has 0 radical (unpaired) electrons. The number of rotatable bonds is 2. The van der Waals surface area contributed by atoms with Crippen LogP contribution in [0, 0.1) is 24.1 Å². The van der Waals surface area contributed by atoms with E-state index < -0.39 is 5.82 Å². The number of aromatic nitrogens is 3. The van der Waals surface area contributed by atoms with Crippen LogP contribution < -0.4 is 10.9 Å². The molecule has 144 valence electrons. The van der Waals surface area contributed by atoms with Crippen LogP contribution in [-0.2, 0) is 0 Å². The first-order valence-electron chi connectivity index (χ1n) is 9.50. The maximum atomic E-state index is 15.0. The Balaban J connectivity index is 1.69. The zero-order valence-corrected chi connectivity index (χ0v) is 15.8. The summed E-state index contributed by atoms with van der Waals surface area (Å²) < 4.78 is 18.4. The van der Waals surface area contributed by atoms with Crippen molar-refractivity contribution in [1.29, 1.82) is 5.26 Å². The van der Waals surface area contributed by atoms with E-state index in [1.807, 2.05) is 19.3 Å². The summed E-state index contributed by atoms with van der Waals surface area (Å²) in [5.74, 6) is -0.553. The number of nitriles is 1. The zero-order valence-electron chi connectivity index (χ0n) is 15.8. The van der Waals surface area contributed by atoms with Gasteiger partial charge in [-0.3, -0.25) is 4.79 Å². The van der Waals surface area contributed by atoms with Crippen LogP contribution in [0.5, 0.6) is 0 Å². The van der Waals surface area contributed by atoms with E-state index in [1.54, 1.807) is 33.4 Å². The van der Waals surface area contributed by atoms with Crippen molar-refractivity contribution in [2.24, 2.45) is 0 Å². The number of hydrogen-bond acceptors (Lipinski definition) is 4. The summed E-state index contributed by atoms with van der Waals surface area (Å²) in [5.41, 5.74) is 2.78. The van der Waals surface area contributed by atoms with Crippen molar-refractivity contribution in [1.82, 2.24) is 19.3 Å². The Labute approximate surface area is 165 Å². The molecular formula is C22H18FN5O. The Morgan fingerprint density at radius 2 is 2.14 bits per heavy atom. The molecule has 1 aliphatic heterocycles. The van der Waals surface area contributed by atoms with Gasteiger partial charge >= 0.3 is 0 Å². The average Bonchev–Trinajstić information content (AvgIpc) is 3.35. The van der Waals surface area contributed by atoms with E-state index >= 15 is 4.39 Å². The Morgan fingerprint density at radius 1 is 1.28 bits per heavy atom.